The Balaban J connectivity index is 0.00000209. The first-order valence-corrected chi connectivity index (χ1v) is 16.9. The molecule has 0 fully saturated rings. The van der Waals surface area contributed by atoms with Gasteiger partial charge in [0.1, 0.15) is 17.1 Å². The lowest BCUT2D eigenvalue weighted by Gasteiger charge is -2.25. The molecule has 4 N–H and O–H groups in total. The largest absolute Gasteiger partial charge is 0.483 e. The van der Waals surface area contributed by atoms with E-state index in [9.17, 15) is 29.7 Å². The first kappa shape index (κ1) is 40.3. The average molecular weight is 736 g/mol. The number of aromatic carboxylic acids is 3. The molecule has 5 heterocycles. The predicted octanol–water partition coefficient (Wildman–Crippen LogP) is 5.29. The fourth-order valence-corrected chi connectivity index (χ4v) is 5.63. The van der Waals surface area contributed by atoms with Crippen LogP contribution in [0.4, 0.5) is 0 Å². The summed E-state index contributed by atoms with van der Waals surface area (Å²) in [4.78, 5) is 70.2. The van der Waals surface area contributed by atoms with Gasteiger partial charge in [-0.1, -0.05) is 38.1 Å². The third-order valence-electron chi connectivity index (χ3n) is 7.96. The number of carboxylic acid groups (broad SMARTS) is 4. The molecule has 5 aromatic rings. The Morgan fingerprint density at radius 1 is 0.556 bits per heavy atom. The number of aromatic nitrogens is 5. The lowest BCUT2D eigenvalue weighted by molar-refractivity contribution is -0.122. The van der Waals surface area contributed by atoms with Crippen molar-refractivity contribution in [2.75, 3.05) is 0 Å². The van der Waals surface area contributed by atoms with Crippen LogP contribution in [0.5, 0.6) is 0 Å². The van der Waals surface area contributed by atoms with Gasteiger partial charge in [0, 0.05) is 45.0 Å². The topological polar surface area (TPSA) is 220 Å². The minimum atomic E-state index is -1.13. The Labute approximate surface area is 311 Å². The maximum Gasteiger partial charge on any atom is 0.354 e. The van der Waals surface area contributed by atoms with Gasteiger partial charge >= 0.3 is 17.9 Å². The molecule has 0 saturated carbocycles. The third kappa shape index (κ3) is 12.4. The number of aryl methyl sites for hydroxylation is 1. The van der Waals surface area contributed by atoms with E-state index in [-0.39, 0.29) is 42.6 Å². The number of carboxylic acids is 3. The molecule has 0 aliphatic rings. The van der Waals surface area contributed by atoms with Gasteiger partial charge in [0.15, 0.2) is 0 Å². The van der Waals surface area contributed by atoms with Crippen LogP contribution in [0, 0.1) is 6.92 Å². The summed E-state index contributed by atoms with van der Waals surface area (Å²) in [6.45, 7) is 7.92. The van der Waals surface area contributed by atoms with Crippen molar-refractivity contribution in [3.05, 3.63) is 147 Å². The highest BCUT2D eigenvalue weighted by molar-refractivity contribution is 5.86. The molecule has 5 rings (SSSR count). The highest BCUT2D eigenvalue weighted by atomic mass is 16.4. The van der Waals surface area contributed by atoms with Crippen molar-refractivity contribution in [2.45, 2.75) is 66.0 Å². The van der Waals surface area contributed by atoms with E-state index in [1.54, 1.807) is 36.4 Å². The van der Waals surface area contributed by atoms with Gasteiger partial charge in [0.2, 0.25) is 0 Å². The second-order valence-corrected chi connectivity index (χ2v) is 12.7. The fraction of sp³-hybridized carbons (Fsp3) is 0.256. The molecule has 0 atom stereocenters. The fourth-order valence-electron chi connectivity index (χ4n) is 5.63. The second-order valence-electron chi connectivity index (χ2n) is 12.7. The van der Waals surface area contributed by atoms with Gasteiger partial charge in [-0.2, -0.15) is 0 Å². The zero-order chi connectivity index (χ0) is 39.2. The number of carbonyl (C=O) groups is 4. The number of nitrogens with zero attached hydrogens (tertiary/aromatic N) is 7. The molecule has 0 spiro atoms. The number of pyridine rings is 5. The van der Waals surface area contributed by atoms with E-state index in [4.69, 9.17) is 14.9 Å². The van der Waals surface area contributed by atoms with Crippen molar-refractivity contribution in [1.82, 2.24) is 34.7 Å². The maximum absolute atomic E-state index is 11.7. The van der Waals surface area contributed by atoms with Gasteiger partial charge in [-0.05, 0) is 79.1 Å². The van der Waals surface area contributed by atoms with E-state index >= 15 is 0 Å². The zero-order valence-corrected chi connectivity index (χ0v) is 30.0. The van der Waals surface area contributed by atoms with Gasteiger partial charge in [-0.25, -0.2) is 29.3 Å². The molecule has 0 aliphatic carbocycles. The second kappa shape index (κ2) is 19.4. The quantitative estimate of drug-likeness (QED) is 0.0946. The van der Waals surface area contributed by atoms with Crippen molar-refractivity contribution >= 4 is 24.4 Å². The van der Waals surface area contributed by atoms with Crippen molar-refractivity contribution in [2.24, 2.45) is 0 Å². The highest BCUT2D eigenvalue weighted by Gasteiger charge is 2.18. The molecular formula is C39H41N7O8. The van der Waals surface area contributed by atoms with E-state index in [1.807, 2.05) is 36.1 Å². The molecule has 5 aromatic heterocycles. The molecule has 0 radical (unpaired) electrons. The van der Waals surface area contributed by atoms with Crippen molar-refractivity contribution in [3.63, 3.8) is 0 Å². The van der Waals surface area contributed by atoms with Crippen LogP contribution in [0.15, 0.2) is 84.9 Å². The molecule has 0 bridgehead atoms. The van der Waals surface area contributed by atoms with E-state index < -0.39 is 17.9 Å². The highest BCUT2D eigenvalue weighted by Crippen LogP contribution is 2.21. The summed E-state index contributed by atoms with van der Waals surface area (Å²) >= 11 is 0. The summed E-state index contributed by atoms with van der Waals surface area (Å²) in [7, 11) is 0. The minimum absolute atomic E-state index is 0.0322. The van der Waals surface area contributed by atoms with E-state index in [2.05, 4.69) is 44.7 Å². The Morgan fingerprint density at radius 2 is 0.870 bits per heavy atom. The molecule has 54 heavy (non-hydrogen) atoms. The number of hydrogen-bond acceptors (Lipinski definition) is 11. The Bertz CT molecular complexity index is 2030. The Morgan fingerprint density at radius 3 is 1.19 bits per heavy atom. The molecule has 0 aromatic carbocycles. The smallest absolute Gasteiger partial charge is 0.354 e. The third-order valence-corrected chi connectivity index (χ3v) is 7.96. The van der Waals surface area contributed by atoms with Gasteiger partial charge in [-0.15, -0.1) is 0 Å². The van der Waals surface area contributed by atoms with E-state index in [0.29, 0.717) is 43.3 Å². The van der Waals surface area contributed by atoms with Crippen LogP contribution in [0.3, 0.4) is 0 Å². The zero-order valence-electron chi connectivity index (χ0n) is 30.0. The summed E-state index contributed by atoms with van der Waals surface area (Å²) in [5.74, 6) is -3.20. The summed E-state index contributed by atoms with van der Waals surface area (Å²) in [6.07, 6.45) is 0. The van der Waals surface area contributed by atoms with Gasteiger partial charge in [0.25, 0.3) is 6.47 Å². The maximum atomic E-state index is 11.7. The van der Waals surface area contributed by atoms with Gasteiger partial charge in [0.05, 0.1) is 34.2 Å². The summed E-state index contributed by atoms with van der Waals surface area (Å²) in [5, 5.41) is 35.5. The van der Waals surface area contributed by atoms with Crippen molar-refractivity contribution in [1.29, 1.82) is 0 Å². The van der Waals surface area contributed by atoms with Crippen LogP contribution < -0.4 is 0 Å². The monoisotopic (exact) mass is 735 g/mol. The molecule has 0 aliphatic heterocycles. The number of hydrogen-bond donors (Lipinski definition) is 4. The summed E-state index contributed by atoms with van der Waals surface area (Å²) in [5.41, 5.74) is 5.79. The van der Waals surface area contributed by atoms with Crippen LogP contribution >= 0.6 is 0 Å². The first-order chi connectivity index (χ1) is 25.8. The molecule has 0 saturated heterocycles. The van der Waals surface area contributed by atoms with Crippen molar-refractivity contribution in [3.8, 4) is 0 Å². The van der Waals surface area contributed by atoms with Gasteiger partial charge in [-0.3, -0.25) is 24.6 Å². The lowest BCUT2D eigenvalue weighted by atomic mass is 10.0. The minimum Gasteiger partial charge on any atom is -0.483 e. The van der Waals surface area contributed by atoms with Crippen LogP contribution in [0.2, 0.25) is 0 Å². The summed E-state index contributed by atoms with van der Waals surface area (Å²) in [6, 6.07) is 24.5. The molecule has 15 nitrogen and oxygen atoms in total. The Hall–Kier alpha value is -6.45. The molecule has 15 heteroatoms. The van der Waals surface area contributed by atoms with Gasteiger partial charge < -0.3 is 20.4 Å². The molecule has 0 amide bonds. The lowest BCUT2D eigenvalue weighted by Crippen LogP contribution is -2.26. The SMILES string of the molecule is Cc1cccc(CN(Cc2cc(C(C)C)cc(CN(Cc3cccc(C(=O)O)n3)Cc3cccc(C(=O)O)n3)n2)Cc2cccc(C(=O)O)n2)n1.O=CO. The van der Waals surface area contributed by atoms with Crippen LogP contribution in [-0.4, -0.2) is 79.5 Å². The van der Waals surface area contributed by atoms with E-state index in [1.165, 1.54) is 18.2 Å². The van der Waals surface area contributed by atoms with Crippen LogP contribution in [0.25, 0.3) is 0 Å². The normalized spacial score (nSPS) is 10.9. The summed E-state index contributed by atoms with van der Waals surface area (Å²) < 4.78 is 0. The van der Waals surface area contributed by atoms with E-state index in [0.717, 1.165) is 28.3 Å². The predicted molar refractivity (Wildman–Crippen MR) is 195 cm³/mol. The standard InChI is InChI=1S/C38H39N7O6.CH2O2/c1-24(2)26-16-31(22-44(18-27-9-4-8-25(3)39-27)19-28-10-5-13-33(41-28)36(46)47)40-32(17-26)23-45(20-29-11-6-14-34(42-29)37(48)49)21-30-12-7-15-35(43-30)38(50)51;2-1-3/h4-17,24H,18-23H2,1-3H3,(H,46,47)(H,48,49)(H,50,51);1H,(H,2,3). The molecular weight excluding hydrogens is 694 g/mol. The van der Waals surface area contributed by atoms with Crippen LogP contribution in [0.1, 0.15) is 96.7 Å². The molecule has 0 unspecified atom stereocenters. The van der Waals surface area contributed by atoms with Crippen molar-refractivity contribution < 1.29 is 39.6 Å². The Kier molecular flexibility index (Phi) is 14.5. The molecule has 280 valence electrons. The number of rotatable bonds is 16. The first-order valence-electron chi connectivity index (χ1n) is 16.9. The average Bonchev–Trinajstić information content (AvgIpc) is 3.12. The van der Waals surface area contributed by atoms with Crippen LogP contribution in [-0.2, 0) is 44.1 Å².